The molecule has 0 fully saturated rings. The number of aromatic nitrogens is 1. The molecule has 0 saturated carbocycles. The van der Waals surface area contributed by atoms with Crippen LogP contribution in [0, 0.1) is 17.0 Å². The minimum Gasteiger partial charge on any atom is -0.378 e. The third-order valence-electron chi connectivity index (χ3n) is 3.66. The minimum atomic E-state index is -0.429. The van der Waals surface area contributed by atoms with Gasteiger partial charge in [-0.1, -0.05) is 12.1 Å². The van der Waals surface area contributed by atoms with E-state index >= 15 is 0 Å². The highest BCUT2D eigenvalue weighted by molar-refractivity contribution is 5.48. The highest BCUT2D eigenvalue weighted by Crippen LogP contribution is 2.18. The maximum atomic E-state index is 10.7. The first-order chi connectivity index (χ1) is 11.0. The van der Waals surface area contributed by atoms with Gasteiger partial charge in [0.15, 0.2) is 0 Å². The lowest BCUT2D eigenvalue weighted by molar-refractivity contribution is -0.385. The second-order valence-corrected chi connectivity index (χ2v) is 5.71. The zero-order valence-electron chi connectivity index (χ0n) is 13.7. The summed E-state index contributed by atoms with van der Waals surface area (Å²) in [5, 5.41) is 13.9. The molecule has 0 aliphatic heterocycles. The van der Waals surface area contributed by atoms with Crippen LogP contribution in [0.25, 0.3) is 0 Å². The van der Waals surface area contributed by atoms with E-state index in [-0.39, 0.29) is 5.69 Å². The predicted octanol–water partition coefficient (Wildman–Crippen LogP) is 3.41. The highest BCUT2D eigenvalue weighted by atomic mass is 16.6. The Labute approximate surface area is 136 Å². The summed E-state index contributed by atoms with van der Waals surface area (Å²) in [5.74, 6) is 0.707. The Hall–Kier alpha value is -2.63. The molecule has 0 unspecified atom stereocenters. The van der Waals surface area contributed by atoms with Crippen molar-refractivity contribution in [2.45, 2.75) is 19.8 Å². The Kier molecular flexibility index (Phi) is 5.51. The van der Waals surface area contributed by atoms with Crippen LogP contribution < -0.4 is 10.2 Å². The van der Waals surface area contributed by atoms with E-state index in [0.29, 0.717) is 5.82 Å². The summed E-state index contributed by atoms with van der Waals surface area (Å²) in [4.78, 5) is 16.5. The summed E-state index contributed by atoms with van der Waals surface area (Å²) >= 11 is 0. The minimum absolute atomic E-state index is 0.0223. The quantitative estimate of drug-likeness (QED) is 0.482. The summed E-state index contributed by atoms with van der Waals surface area (Å²) in [6, 6.07) is 10.1. The molecule has 1 aromatic heterocycles. The molecule has 0 radical (unpaired) electrons. The van der Waals surface area contributed by atoms with Crippen LogP contribution in [0.5, 0.6) is 0 Å². The number of nitrogens with zero attached hydrogens (tertiary/aromatic N) is 3. The molecule has 1 N–H and O–H groups in total. The van der Waals surface area contributed by atoms with Gasteiger partial charge in [0.05, 0.1) is 4.92 Å². The topological polar surface area (TPSA) is 71.3 Å². The Morgan fingerprint density at radius 3 is 2.52 bits per heavy atom. The molecular formula is C17H22N4O2. The second-order valence-electron chi connectivity index (χ2n) is 5.71. The molecule has 122 valence electrons. The normalized spacial score (nSPS) is 10.4. The zero-order valence-corrected chi connectivity index (χ0v) is 13.7. The molecular weight excluding hydrogens is 292 g/mol. The number of rotatable bonds is 7. The van der Waals surface area contributed by atoms with Crippen LogP contribution in [0.1, 0.15) is 17.5 Å². The fourth-order valence-corrected chi connectivity index (χ4v) is 2.30. The van der Waals surface area contributed by atoms with Crippen molar-refractivity contribution in [1.29, 1.82) is 0 Å². The summed E-state index contributed by atoms with van der Waals surface area (Å²) < 4.78 is 0. The van der Waals surface area contributed by atoms with Crippen LogP contribution >= 0.6 is 0 Å². The first-order valence-electron chi connectivity index (χ1n) is 7.58. The van der Waals surface area contributed by atoms with Gasteiger partial charge >= 0.3 is 0 Å². The van der Waals surface area contributed by atoms with Crippen molar-refractivity contribution in [1.82, 2.24) is 4.98 Å². The fourth-order valence-electron chi connectivity index (χ4n) is 2.30. The first-order valence-corrected chi connectivity index (χ1v) is 7.58. The van der Waals surface area contributed by atoms with E-state index in [9.17, 15) is 10.1 Å². The van der Waals surface area contributed by atoms with Crippen molar-refractivity contribution in [2.75, 3.05) is 30.9 Å². The number of aryl methyl sites for hydroxylation is 2. The molecule has 0 spiro atoms. The van der Waals surface area contributed by atoms with Gasteiger partial charge in [-0.2, -0.15) is 0 Å². The average Bonchev–Trinajstić information content (AvgIpc) is 2.53. The first kappa shape index (κ1) is 16.7. The zero-order chi connectivity index (χ0) is 16.8. The second kappa shape index (κ2) is 7.58. The van der Waals surface area contributed by atoms with E-state index in [1.54, 1.807) is 0 Å². The van der Waals surface area contributed by atoms with Crippen LogP contribution in [0.15, 0.2) is 36.5 Å². The lowest BCUT2D eigenvalue weighted by Crippen LogP contribution is -2.08. The Morgan fingerprint density at radius 1 is 1.26 bits per heavy atom. The molecule has 0 saturated heterocycles. The summed E-state index contributed by atoms with van der Waals surface area (Å²) in [6.45, 7) is 2.60. The van der Waals surface area contributed by atoms with Crippen LogP contribution in [0.3, 0.4) is 0 Å². The smallest absolute Gasteiger partial charge is 0.287 e. The summed E-state index contributed by atoms with van der Waals surface area (Å²) in [7, 11) is 4.05. The van der Waals surface area contributed by atoms with Crippen molar-refractivity contribution in [2.24, 2.45) is 0 Å². The van der Waals surface area contributed by atoms with Gasteiger partial charge in [0, 0.05) is 32.4 Å². The summed E-state index contributed by atoms with van der Waals surface area (Å²) in [6.07, 6.45) is 3.24. The molecule has 0 aliphatic rings. The Bertz CT molecular complexity index is 669. The molecule has 0 aliphatic carbocycles. The van der Waals surface area contributed by atoms with Crippen LogP contribution in [-0.4, -0.2) is 30.5 Å². The SMILES string of the molecule is Cc1cc([N+](=O)[O-])cnc1NCCCc1ccc(N(C)C)cc1. The van der Waals surface area contributed by atoms with Gasteiger partial charge in [0.25, 0.3) is 5.69 Å². The van der Waals surface area contributed by atoms with Crippen molar-refractivity contribution < 1.29 is 4.92 Å². The van der Waals surface area contributed by atoms with Crippen LogP contribution in [0.2, 0.25) is 0 Å². The molecule has 0 amide bonds. The van der Waals surface area contributed by atoms with Gasteiger partial charge < -0.3 is 10.2 Å². The molecule has 6 nitrogen and oxygen atoms in total. The monoisotopic (exact) mass is 314 g/mol. The molecule has 1 aromatic carbocycles. The number of nitrogens with one attached hydrogen (secondary N) is 1. The third-order valence-corrected chi connectivity index (χ3v) is 3.66. The van der Waals surface area contributed by atoms with E-state index in [4.69, 9.17) is 0 Å². The average molecular weight is 314 g/mol. The molecule has 1 heterocycles. The van der Waals surface area contributed by atoms with Crippen LogP contribution in [-0.2, 0) is 6.42 Å². The maximum Gasteiger partial charge on any atom is 0.287 e. The number of anilines is 2. The fraction of sp³-hybridized carbons (Fsp3) is 0.353. The Morgan fingerprint density at radius 2 is 1.96 bits per heavy atom. The summed E-state index contributed by atoms with van der Waals surface area (Å²) in [5.41, 5.74) is 3.30. The van der Waals surface area contributed by atoms with E-state index < -0.39 is 4.92 Å². The van der Waals surface area contributed by atoms with Crippen LogP contribution in [0.4, 0.5) is 17.2 Å². The van der Waals surface area contributed by atoms with E-state index in [2.05, 4.69) is 39.5 Å². The van der Waals surface area contributed by atoms with E-state index in [1.807, 2.05) is 21.0 Å². The van der Waals surface area contributed by atoms with Crippen molar-refractivity contribution in [3.8, 4) is 0 Å². The van der Waals surface area contributed by atoms with Crippen molar-refractivity contribution in [3.05, 3.63) is 57.8 Å². The van der Waals surface area contributed by atoms with Gasteiger partial charge in [-0.25, -0.2) is 4.98 Å². The van der Waals surface area contributed by atoms with Crippen molar-refractivity contribution >= 4 is 17.2 Å². The number of benzene rings is 1. The number of pyridine rings is 1. The van der Waals surface area contributed by atoms with Crippen molar-refractivity contribution in [3.63, 3.8) is 0 Å². The van der Waals surface area contributed by atoms with Gasteiger partial charge in [0.1, 0.15) is 12.0 Å². The number of hydrogen-bond acceptors (Lipinski definition) is 5. The molecule has 0 bridgehead atoms. The molecule has 6 heteroatoms. The molecule has 2 rings (SSSR count). The number of nitro groups is 1. The van der Waals surface area contributed by atoms with Gasteiger partial charge in [-0.3, -0.25) is 10.1 Å². The molecule has 0 atom stereocenters. The largest absolute Gasteiger partial charge is 0.378 e. The molecule has 23 heavy (non-hydrogen) atoms. The van der Waals surface area contributed by atoms with Gasteiger partial charge in [-0.05, 0) is 43.0 Å². The maximum absolute atomic E-state index is 10.7. The Balaban J connectivity index is 1.82. The third kappa shape index (κ3) is 4.67. The standard InChI is InChI=1S/C17H22N4O2/c1-13-11-16(21(22)23)12-19-17(13)18-10-4-5-14-6-8-15(9-7-14)20(2)3/h6-9,11-12H,4-5,10H2,1-3H3,(H,18,19). The number of hydrogen-bond donors (Lipinski definition) is 1. The molecule has 2 aromatic rings. The predicted molar refractivity (Wildman–Crippen MR) is 93.2 cm³/mol. The lowest BCUT2D eigenvalue weighted by atomic mass is 10.1. The lowest BCUT2D eigenvalue weighted by Gasteiger charge is -2.13. The van der Waals surface area contributed by atoms with Gasteiger partial charge in [0.2, 0.25) is 0 Å². The highest BCUT2D eigenvalue weighted by Gasteiger charge is 2.08. The van der Waals surface area contributed by atoms with Gasteiger partial charge in [-0.15, -0.1) is 0 Å². The van der Waals surface area contributed by atoms with E-state index in [1.165, 1.54) is 23.5 Å². The van der Waals surface area contributed by atoms with E-state index in [0.717, 1.165) is 24.9 Å².